The highest BCUT2D eigenvalue weighted by atomic mass is 16.5. The number of nitrogens with one attached hydrogen (secondary N) is 1. The predicted octanol–water partition coefficient (Wildman–Crippen LogP) is 3.71. The van der Waals surface area contributed by atoms with Crippen LogP contribution in [0.15, 0.2) is 0 Å². The molecule has 0 aliphatic heterocycles. The van der Waals surface area contributed by atoms with Crippen LogP contribution in [-0.4, -0.2) is 26.8 Å². The van der Waals surface area contributed by atoms with E-state index >= 15 is 0 Å². The van der Waals surface area contributed by atoms with Crippen LogP contribution in [0.2, 0.25) is 0 Å². The minimum atomic E-state index is 0.856. The second kappa shape index (κ2) is 8.92. The van der Waals surface area contributed by atoms with E-state index in [0.717, 1.165) is 36.9 Å². The van der Waals surface area contributed by atoms with Crippen molar-refractivity contribution in [3.8, 4) is 0 Å². The molecule has 1 saturated carbocycles. The second-order valence-corrected chi connectivity index (χ2v) is 6.23. The average Bonchev–Trinajstić information content (AvgIpc) is 2.36. The van der Waals surface area contributed by atoms with Gasteiger partial charge in [0.1, 0.15) is 0 Å². The van der Waals surface area contributed by atoms with Crippen LogP contribution in [-0.2, 0) is 4.74 Å². The first-order valence-corrected chi connectivity index (χ1v) is 7.91. The molecule has 0 aromatic carbocycles. The summed E-state index contributed by atoms with van der Waals surface area (Å²) in [5.74, 6) is 3.62. The molecule has 1 rings (SSSR count). The Balaban J connectivity index is 2.39. The Hall–Kier alpha value is -0.0800. The summed E-state index contributed by atoms with van der Waals surface area (Å²) in [6, 6.07) is 0. The molecule has 1 N–H and O–H groups in total. The van der Waals surface area contributed by atoms with Crippen LogP contribution in [0.4, 0.5) is 0 Å². The smallest absolute Gasteiger partial charge is 0.0465 e. The number of hydrogen-bond donors (Lipinski definition) is 1. The SMILES string of the molecule is CCOCCCC1CC(C(C)C)CCC1CNC. The number of hydrogen-bond acceptors (Lipinski definition) is 2. The Morgan fingerprint density at radius 3 is 2.61 bits per heavy atom. The van der Waals surface area contributed by atoms with Crippen LogP contribution in [0.3, 0.4) is 0 Å². The van der Waals surface area contributed by atoms with E-state index in [9.17, 15) is 0 Å². The fourth-order valence-electron chi connectivity index (χ4n) is 3.44. The quantitative estimate of drug-likeness (QED) is 0.668. The number of rotatable bonds is 8. The zero-order chi connectivity index (χ0) is 13.4. The van der Waals surface area contributed by atoms with Crippen molar-refractivity contribution in [3.63, 3.8) is 0 Å². The highest BCUT2D eigenvalue weighted by molar-refractivity contribution is 4.82. The first-order chi connectivity index (χ1) is 8.69. The molecule has 0 bridgehead atoms. The monoisotopic (exact) mass is 255 g/mol. The van der Waals surface area contributed by atoms with Gasteiger partial charge in [-0.1, -0.05) is 13.8 Å². The molecule has 1 fully saturated rings. The lowest BCUT2D eigenvalue weighted by Gasteiger charge is -2.38. The Kier molecular flexibility index (Phi) is 7.92. The summed E-state index contributed by atoms with van der Waals surface area (Å²) in [6.45, 7) is 9.87. The number of ether oxygens (including phenoxy) is 1. The minimum Gasteiger partial charge on any atom is -0.382 e. The Labute approximate surface area is 114 Å². The van der Waals surface area contributed by atoms with Gasteiger partial charge in [0.2, 0.25) is 0 Å². The lowest BCUT2D eigenvalue weighted by molar-refractivity contribution is 0.108. The third kappa shape index (κ3) is 5.27. The lowest BCUT2D eigenvalue weighted by atomic mass is 9.69. The maximum atomic E-state index is 5.48. The normalized spacial score (nSPS) is 28.8. The van der Waals surface area contributed by atoms with Crippen molar-refractivity contribution < 1.29 is 4.74 Å². The molecule has 2 heteroatoms. The fraction of sp³-hybridized carbons (Fsp3) is 1.00. The molecule has 0 saturated heterocycles. The lowest BCUT2D eigenvalue weighted by Crippen LogP contribution is -2.33. The zero-order valence-corrected chi connectivity index (χ0v) is 12.9. The fourth-order valence-corrected chi connectivity index (χ4v) is 3.44. The van der Waals surface area contributed by atoms with Crippen molar-refractivity contribution in [2.75, 3.05) is 26.8 Å². The molecule has 0 heterocycles. The van der Waals surface area contributed by atoms with E-state index in [-0.39, 0.29) is 0 Å². The van der Waals surface area contributed by atoms with Crippen molar-refractivity contribution in [3.05, 3.63) is 0 Å². The molecule has 0 amide bonds. The van der Waals surface area contributed by atoms with Crippen LogP contribution in [0.1, 0.15) is 52.9 Å². The van der Waals surface area contributed by atoms with Crippen molar-refractivity contribution in [2.45, 2.75) is 52.9 Å². The van der Waals surface area contributed by atoms with Crippen LogP contribution in [0.5, 0.6) is 0 Å². The van der Waals surface area contributed by atoms with E-state index in [4.69, 9.17) is 4.74 Å². The molecule has 2 nitrogen and oxygen atoms in total. The van der Waals surface area contributed by atoms with Crippen LogP contribution in [0.25, 0.3) is 0 Å². The van der Waals surface area contributed by atoms with E-state index in [2.05, 4.69) is 33.1 Å². The summed E-state index contributed by atoms with van der Waals surface area (Å²) < 4.78 is 5.48. The predicted molar refractivity (Wildman–Crippen MR) is 78.8 cm³/mol. The van der Waals surface area contributed by atoms with Gasteiger partial charge in [0, 0.05) is 13.2 Å². The van der Waals surface area contributed by atoms with Crippen molar-refractivity contribution in [1.82, 2.24) is 5.32 Å². The minimum absolute atomic E-state index is 0.856. The van der Waals surface area contributed by atoms with E-state index in [1.807, 2.05) is 0 Å². The van der Waals surface area contributed by atoms with E-state index in [0.29, 0.717) is 0 Å². The largest absolute Gasteiger partial charge is 0.382 e. The van der Waals surface area contributed by atoms with Gasteiger partial charge < -0.3 is 10.1 Å². The molecule has 3 unspecified atom stereocenters. The third-order valence-electron chi connectivity index (χ3n) is 4.66. The molecular formula is C16H33NO. The second-order valence-electron chi connectivity index (χ2n) is 6.23. The zero-order valence-electron chi connectivity index (χ0n) is 12.9. The summed E-state index contributed by atoms with van der Waals surface area (Å²) in [4.78, 5) is 0. The Morgan fingerprint density at radius 2 is 2.00 bits per heavy atom. The van der Waals surface area contributed by atoms with Gasteiger partial charge in [-0.05, 0) is 76.3 Å². The first kappa shape index (κ1) is 16.0. The van der Waals surface area contributed by atoms with Gasteiger partial charge in [-0.2, -0.15) is 0 Å². The molecule has 0 radical (unpaired) electrons. The molecule has 0 aromatic heterocycles. The molecule has 0 spiro atoms. The maximum absolute atomic E-state index is 5.48. The van der Waals surface area contributed by atoms with Crippen molar-refractivity contribution in [1.29, 1.82) is 0 Å². The Morgan fingerprint density at radius 1 is 1.22 bits per heavy atom. The summed E-state index contributed by atoms with van der Waals surface area (Å²) in [7, 11) is 2.09. The van der Waals surface area contributed by atoms with Gasteiger partial charge in [-0.3, -0.25) is 0 Å². The molecule has 3 atom stereocenters. The van der Waals surface area contributed by atoms with Crippen LogP contribution >= 0.6 is 0 Å². The standard InChI is InChI=1S/C16H33NO/c1-5-18-10-6-7-15-11-14(13(2)3)8-9-16(15)12-17-4/h13-17H,5-12H2,1-4H3. The highest BCUT2D eigenvalue weighted by Crippen LogP contribution is 2.39. The molecule has 18 heavy (non-hydrogen) atoms. The third-order valence-corrected chi connectivity index (χ3v) is 4.66. The van der Waals surface area contributed by atoms with Crippen molar-refractivity contribution >= 4 is 0 Å². The van der Waals surface area contributed by atoms with Gasteiger partial charge in [0.05, 0.1) is 0 Å². The maximum Gasteiger partial charge on any atom is 0.0465 e. The van der Waals surface area contributed by atoms with E-state index in [1.54, 1.807) is 0 Å². The van der Waals surface area contributed by atoms with Crippen molar-refractivity contribution in [2.24, 2.45) is 23.7 Å². The van der Waals surface area contributed by atoms with Gasteiger partial charge in [-0.25, -0.2) is 0 Å². The average molecular weight is 255 g/mol. The Bertz CT molecular complexity index is 205. The van der Waals surface area contributed by atoms with Crippen LogP contribution < -0.4 is 5.32 Å². The van der Waals surface area contributed by atoms with E-state index in [1.165, 1.54) is 38.6 Å². The molecule has 108 valence electrons. The van der Waals surface area contributed by atoms with Gasteiger partial charge in [0.25, 0.3) is 0 Å². The molecular weight excluding hydrogens is 222 g/mol. The molecule has 1 aliphatic carbocycles. The van der Waals surface area contributed by atoms with Gasteiger partial charge >= 0.3 is 0 Å². The molecule has 0 aromatic rings. The summed E-state index contributed by atoms with van der Waals surface area (Å²) in [5, 5.41) is 3.38. The summed E-state index contributed by atoms with van der Waals surface area (Å²) in [5.41, 5.74) is 0. The first-order valence-electron chi connectivity index (χ1n) is 7.91. The summed E-state index contributed by atoms with van der Waals surface area (Å²) >= 11 is 0. The topological polar surface area (TPSA) is 21.3 Å². The van der Waals surface area contributed by atoms with Gasteiger partial charge in [-0.15, -0.1) is 0 Å². The van der Waals surface area contributed by atoms with Crippen LogP contribution in [0, 0.1) is 23.7 Å². The highest BCUT2D eigenvalue weighted by Gasteiger charge is 2.30. The molecule has 1 aliphatic rings. The van der Waals surface area contributed by atoms with E-state index < -0.39 is 0 Å². The summed E-state index contributed by atoms with van der Waals surface area (Å²) in [6.07, 6.45) is 6.89. The van der Waals surface area contributed by atoms with Gasteiger partial charge in [0.15, 0.2) is 0 Å².